The number of anilines is 1. The molecule has 1 amide bonds. The van der Waals surface area contributed by atoms with Gasteiger partial charge < -0.3 is 10.0 Å². The topological polar surface area (TPSA) is 75.4 Å². The first kappa shape index (κ1) is 14.3. The zero-order chi connectivity index (χ0) is 15.9. The Morgan fingerprint density at radius 1 is 1.32 bits per heavy atom. The fourth-order valence-corrected chi connectivity index (χ4v) is 2.98. The molecule has 1 aromatic carbocycles. The van der Waals surface area contributed by atoms with Crippen LogP contribution in [-0.4, -0.2) is 33.3 Å². The second kappa shape index (κ2) is 5.29. The summed E-state index contributed by atoms with van der Waals surface area (Å²) in [5.41, 5.74) is 2.95. The summed E-state index contributed by atoms with van der Waals surface area (Å²) in [6.07, 6.45) is 3.14. The first-order chi connectivity index (χ1) is 10.5. The molecule has 0 unspecified atom stereocenters. The summed E-state index contributed by atoms with van der Waals surface area (Å²) in [7, 11) is 1.61. The van der Waals surface area contributed by atoms with E-state index in [1.54, 1.807) is 11.9 Å². The van der Waals surface area contributed by atoms with E-state index in [4.69, 9.17) is 0 Å². The molecule has 0 saturated carbocycles. The molecule has 0 saturated heterocycles. The summed E-state index contributed by atoms with van der Waals surface area (Å²) in [6.45, 7) is 2.54. The van der Waals surface area contributed by atoms with Crippen molar-refractivity contribution in [3.05, 3.63) is 46.8 Å². The molecule has 1 N–H and O–H groups in total. The van der Waals surface area contributed by atoms with Gasteiger partial charge in [0.1, 0.15) is 5.56 Å². The number of hydrogen-bond donors (Lipinski definition) is 1. The second-order valence-corrected chi connectivity index (χ2v) is 5.51. The van der Waals surface area contributed by atoms with Crippen LogP contribution in [0.5, 0.6) is 0 Å². The van der Waals surface area contributed by atoms with Crippen molar-refractivity contribution in [3.63, 3.8) is 0 Å². The average molecular weight is 299 g/mol. The average Bonchev–Trinajstić information content (AvgIpc) is 2.88. The number of aromatic carboxylic acids is 1. The normalized spacial score (nSPS) is 13.8. The molecule has 0 fully saturated rings. The lowest BCUT2D eigenvalue weighted by Crippen LogP contribution is -2.37. The Morgan fingerprint density at radius 3 is 2.82 bits per heavy atom. The molecule has 0 bridgehead atoms. The Balaban J connectivity index is 2.07. The van der Waals surface area contributed by atoms with Crippen LogP contribution in [0, 0.1) is 6.92 Å². The Hall–Kier alpha value is -2.63. The highest BCUT2D eigenvalue weighted by Gasteiger charge is 2.30. The highest BCUT2D eigenvalue weighted by molar-refractivity contribution is 6.11. The molecule has 2 aromatic rings. The van der Waals surface area contributed by atoms with Gasteiger partial charge in [0.2, 0.25) is 0 Å². The number of nitrogens with zero attached hydrogens (tertiary/aromatic N) is 3. The minimum atomic E-state index is -1.14. The molecule has 1 aromatic heterocycles. The number of carboxylic acids is 1. The van der Waals surface area contributed by atoms with Gasteiger partial charge in [-0.2, -0.15) is 5.10 Å². The highest BCUT2D eigenvalue weighted by atomic mass is 16.4. The van der Waals surface area contributed by atoms with Gasteiger partial charge in [-0.05, 0) is 30.9 Å². The maximum absolute atomic E-state index is 12.8. The summed E-state index contributed by atoms with van der Waals surface area (Å²) in [5.74, 6) is -1.49. The number of carbonyl (C=O) groups is 2. The number of benzene rings is 1. The second-order valence-electron chi connectivity index (χ2n) is 5.51. The number of carboxylic acid groups (broad SMARTS) is 1. The van der Waals surface area contributed by atoms with Crippen LogP contribution in [0.1, 0.15) is 38.4 Å². The molecule has 1 aliphatic rings. The first-order valence-electron chi connectivity index (χ1n) is 7.16. The quantitative estimate of drug-likeness (QED) is 0.920. The molecule has 22 heavy (non-hydrogen) atoms. The van der Waals surface area contributed by atoms with Gasteiger partial charge in [-0.25, -0.2) is 4.79 Å². The smallest absolute Gasteiger partial charge is 0.339 e. The van der Waals surface area contributed by atoms with Crippen LogP contribution in [0.3, 0.4) is 0 Å². The van der Waals surface area contributed by atoms with Gasteiger partial charge in [-0.15, -0.1) is 0 Å². The summed E-state index contributed by atoms with van der Waals surface area (Å²) < 4.78 is 1.36. The number of aryl methyl sites for hydroxylation is 3. The fourth-order valence-electron chi connectivity index (χ4n) is 2.98. The predicted octanol–water partition coefficient (Wildman–Crippen LogP) is 2.02. The van der Waals surface area contributed by atoms with Gasteiger partial charge in [-0.1, -0.05) is 18.2 Å². The molecule has 0 spiro atoms. The van der Waals surface area contributed by atoms with Crippen molar-refractivity contribution in [3.8, 4) is 0 Å². The van der Waals surface area contributed by atoms with Gasteiger partial charge in [0.25, 0.3) is 5.91 Å². The number of rotatable bonds is 2. The number of carbonyl (C=O) groups excluding carboxylic acids is 1. The summed E-state index contributed by atoms with van der Waals surface area (Å²) in [6, 6.07) is 5.95. The van der Waals surface area contributed by atoms with Crippen LogP contribution in [0.2, 0.25) is 0 Å². The van der Waals surface area contributed by atoms with E-state index in [-0.39, 0.29) is 17.2 Å². The first-order valence-corrected chi connectivity index (χ1v) is 7.16. The van der Waals surface area contributed by atoms with Crippen molar-refractivity contribution in [2.24, 2.45) is 7.05 Å². The number of fused-ring (bicyclic) bond motifs is 1. The largest absolute Gasteiger partial charge is 0.478 e. The molecule has 1 aliphatic heterocycles. The zero-order valence-corrected chi connectivity index (χ0v) is 12.5. The molecule has 6 heteroatoms. The Kier molecular flexibility index (Phi) is 3.44. The highest BCUT2D eigenvalue weighted by Crippen LogP contribution is 2.31. The third-order valence-electron chi connectivity index (χ3n) is 3.93. The van der Waals surface area contributed by atoms with E-state index < -0.39 is 5.97 Å². The van der Waals surface area contributed by atoms with Crippen molar-refractivity contribution in [2.45, 2.75) is 19.8 Å². The lowest BCUT2D eigenvalue weighted by atomic mass is 9.98. The maximum atomic E-state index is 12.8. The third-order valence-corrected chi connectivity index (χ3v) is 3.93. The van der Waals surface area contributed by atoms with E-state index in [1.807, 2.05) is 25.1 Å². The van der Waals surface area contributed by atoms with Crippen LogP contribution in [0.25, 0.3) is 0 Å². The minimum absolute atomic E-state index is 0.00824. The molecule has 0 aliphatic carbocycles. The van der Waals surface area contributed by atoms with E-state index in [9.17, 15) is 14.7 Å². The van der Waals surface area contributed by atoms with Crippen LogP contribution in [0.15, 0.2) is 24.4 Å². The molecule has 3 rings (SSSR count). The van der Waals surface area contributed by atoms with Crippen molar-refractivity contribution < 1.29 is 14.7 Å². The Labute approximate surface area is 128 Å². The summed E-state index contributed by atoms with van der Waals surface area (Å²) in [4.78, 5) is 25.8. The van der Waals surface area contributed by atoms with Gasteiger partial charge in [0.15, 0.2) is 5.69 Å². The lowest BCUT2D eigenvalue weighted by molar-refractivity contribution is 0.0692. The molecule has 0 radical (unpaired) electrons. The van der Waals surface area contributed by atoms with E-state index in [0.717, 1.165) is 29.7 Å². The van der Waals surface area contributed by atoms with Gasteiger partial charge in [0, 0.05) is 19.8 Å². The monoisotopic (exact) mass is 299 g/mol. The van der Waals surface area contributed by atoms with Crippen molar-refractivity contribution in [1.82, 2.24) is 9.78 Å². The van der Waals surface area contributed by atoms with Crippen molar-refractivity contribution in [1.29, 1.82) is 0 Å². The SMILES string of the molecule is Cc1cccc2c1N(C(=O)c1nn(C)cc1C(=O)O)CCC2. The Morgan fingerprint density at radius 2 is 2.09 bits per heavy atom. The third kappa shape index (κ3) is 2.26. The van der Waals surface area contributed by atoms with Crippen LogP contribution in [0.4, 0.5) is 5.69 Å². The summed E-state index contributed by atoms with van der Waals surface area (Å²) in [5, 5.41) is 13.3. The molecule has 6 nitrogen and oxygen atoms in total. The maximum Gasteiger partial charge on any atom is 0.339 e. The van der Waals surface area contributed by atoms with Crippen LogP contribution in [-0.2, 0) is 13.5 Å². The van der Waals surface area contributed by atoms with Gasteiger partial charge in [0.05, 0.1) is 5.69 Å². The van der Waals surface area contributed by atoms with Crippen LogP contribution < -0.4 is 4.90 Å². The van der Waals surface area contributed by atoms with E-state index in [0.29, 0.717) is 6.54 Å². The molecular formula is C16H17N3O3. The van der Waals surface area contributed by atoms with Gasteiger partial charge >= 0.3 is 5.97 Å². The van der Waals surface area contributed by atoms with E-state index in [1.165, 1.54) is 10.9 Å². The van der Waals surface area contributed by atoms with Crippen molar-refractivity contribution >= 4 is 17.6 Å². The van der Waals surface area contributed by atoms with E-state index in [2.05, 4.69) is 5.10 Å². The number of hydrogen-bond acceptors (Lipinski definition) is 3. The number of amides is 1. The zero-order valence-electron chi connectivity index (χ0n) is 12.5. The molecule has 2 heterocycles. The number of para-hydroxylation sites is 1. The predicted molar refractivity (Wildman–Crippen MR) is 81.3 cm³/mol. The molecular weight excluding hydrogens is 282 g/mol. The molecule has 114 valence electrons. The minimum Gasteiger partial charge on any atom is -0.478 e. The summed E-state index contributed by atoms with van der Waals surface area (Å²) >= 11 is 0. The lowest BCUT2D eigenvalue weighted by Gasteiger charge is -2.30. The van der Waals surface area contributed by atoms with E-state index >= 15 is 0 Å². The van der Waals surface area contributed by atoms with Crippen molar-refractivity contribution in [2.75, 3.05) is 11.4 Å². The number of aromatic nitrogens is 2. The fraction of sp³-hybridized carbons (Fsp3) is 0.312. The standard InChI is InChI=1S/C16H17N3O3/c1-10-5-3-6-11-7-4-8-19(14(10)11)15(20)13-12(16(21)22)9-18(2)17-13/h3,5-6,9H,4,7-8H2,1-2H3,(H,21,22). The van der Waals surface area contributed by atoms with Crippen LogP contribution >= 0.6 is 0 Å². The Bertz CT molecular complexity index is 764. The molecule has 0 atom stereocenters. The van der Waals surface area contributed by atoms with Gasteiger partial charge in [-0.3, -0.25) is 9.48 Å².